The molecule has 0 spiro atoms. The van der Waals surface area contributed by atoms with Crippen LogP contribution in [0.4, 0.5) is 13.2 Å². The maximum atomic E-state index is 12.4. The number of rotatable bonds is 5. The quantitative estimate of drug-likeness (QED) is 0.868. The lowest BCUT2D eigenvalue weighted by Crippen LogP contribution is -2.41. The number of nitrogens with one attached hydrogen (secondary N) is 2. The van der Waals surface area contributed by atoms with Crippen LogP contribution in [0.2, 0.25) is 0 Å². The fraction of sp³-hybridized carbons (Fsp3) is 0.353. The van der Waals surface area contributed by atoms with E-state index in [1.54, 1.807) is 35.6 Å². The SMILES string of the molecule is CC(C)c1cc(C(=O)NCC(=O)NCC(F)(F)F)c2ccccc2n1. The summed E-state index contributed by atoms with van der Waals surface area (Å²) in [5.74, 6) is -1.36. The summed E-state index contributed by atoms with van der Waals surface area (Å²) in [5, 5.41) is 4.66. The van der Waals surface area contributed by atoms with Gasteiger partial charge in [-0.15, -0.1) is 0 Å². The molecule has 0 atom stereocenters. The summed E-state index contributed by atoms with van der Waals surface area (Å²) in [5.41, 5.74) is 1.68. The molecule has 8 heteroatoms. The smallest absolute Gasteiger partial charge is 0.345 e. The van der Waals surface area contributed by atoms with Crippen LogP contribution in [0.25, 0.3) is 10.9 Å². The van der Waals surface area contributed by atoms with E-state index >= 15 is 0 Å². The number of halogens is 3. The van der Waals surface area contributed by atoms with E-state index in [0.29, 0.717) is 22.2 Å². The van der Waals surface area contributed by atoms with Crippen LogP contribution >= 0.6 is 0 Å². The minimum Gasteiger partial charge on any atom is -0.345 e. The average Bonchev–Trinajstić information content (AvgIpc) is 2.56. The van der Waals surface area contributed by atoms with Crippen LogP contribution in [-0.4, -0.2) is 36.1 Å². The Morgan fingerprint density at radius 2 is 1.84 bits per heavy atom. The molecule has 1 aromatic heterocycles. The van der Waals surface area contributed by atoms with Gasteiger partial charge in [0.1, 0.15) is 6.54 Å². The van der Waals surface area contributed by atoms with Crippen molar-refractivity contribution in [1.82, 2.24) is 15.6 Å². The molecular formula is C17H18F3N3O2. The van der Waals surface area contributed by atoms with Crippen LogP contribution in [0, 0.1) is 0 Å². The number of para-hydroxylation sites is 1. The second-order valence-corrected chi connectivity index (χ2v) is 5.84. The van der Waals surface area contributed by atoms with Crippen molar-refractivity contribution in [2.45, 2.75) is 25.9 Å². The van der Waals surface area contributed by atoms with Crippen molar-refractivity contribution in [3.8, 4) is 0 Å². The lowest BCUT2D eigenvalue weighted by atomic mass is 10.0. The first kappa shape index (κ1) is 18.7. The Bertz CT molecular complexity index is 788. The van der Waals surface area contributed by atoms with Gasteiger partial charge in [-0.25, -0.2) is 0 Å². The summed E-state index contributed by atoms with van der Waals surface area (Å²) >= 11 is 0. The van der Waals surface area contributed by atoms with E-state index in [9.17, 15) is 22.8 Å². The third kappa shape index (κ3) is 5.17. The maximum Gasteiger partial charge on any atom is 0.405 e. The van der Waals surface area contributed by atoms with Crippen LogP contribution < -0.4 is 10.6 Å². The van der Waals surface area contributed by atoms with Crippen molar-refractivity contribution >= 4 is 22.7 Å². The van der Waals surface area contributed by atoms with Gasteiger partial charge < -0.3 is 10.6 Å². The molecule has 25 heavy (non-hydrogen) atoms. The molecule has 134 valence electrons. The van der Waals surface area contributed by atoms with Gasteiger partial charge in [-0.05, 0) is 18.1 Å². The molecule has 0 saturated heterocycles. The minimum absolute atomic E-state index is 0.0891. The van der Waals surface area contributed by atoms with Crippen molar-refractivity contribution in [2.24, 2.45) is 0 Å². The second kappa shape index (κ2) is 7.50. The predicted octanol–water partition coefficient (Wildman–Crippen LogP) is 2.77. The van der Waals surface area contributed by atoms with Crippen LogP contribution in [0.3, 0.4) is 0 Å². The molecule has 0 bridgehead atoms. The van der Waals surface area contributed by atoms with E-state index < -0.39 is 31.1 Å². The fourth-order valence-electron chi connectivity index (χ4n) is 2.20. The monoisotopic (exact) mass is 353 g/mol. The lowest BCUT2D eigenvalue weighted by molar-refractivity contribution is -0.137. The van der Waals surface area contributed by atoms with Gasteiger partial charge in [0.25, 0.3) is 5.91 Å². The topological polar surface area (TPSA) is 71.1 Å². The predicted molar refractivity (Wildman–Crippen MR) is 87.2 cm³/mol. The van der Waals surface area contributed by atoms with E-state index in [-0.39, 0.29) is 5.92 Å². The minimum atomic E-state index is -4.49. The van der Waals surface area contributed by atoms with E-state index in [2.05, 4.69) is 10.3 Å². The van der Waals surface area contributed by atoms with E-state index in [1.807, 2.05) is 13.8 Å². The first-order valence-corrected chi connectivity index (χ1v) is 7.68. The Balaban J connectivity index is 2.15. The number of fused-ring (bicyclic) bond motifs is 1. The Morgan fingerprint density at radius 3 is 2.48 bits per heavy atom. The zero-order chi connectivity index (χ0) is 18.6. The molecule has 2 amide bonds. The number of carbonyl (C=O) groups is 2. The largest absolute Gasteiger partial charge is 0.405 e. The Hall–Kier alpha value is -2.64. The summed E-state index contributed by atoms with van der Waals surface area (Å²) in [7, 11) is 0. The Labute approximate surface area is 142 Å². The molecule has 0 saturated carbocycles. The second-order valence-electron chi connectivity index (χ2n) is 5.84. The average molecular weight is 353 g/mol. The number of amides is 2. The Kier molecular flexibility index (Phi) is 5.61. The third-order valence-corrected chi connectivity index (χ3v) is 3.47. The fourth-order valence-corrected chi connectivity index (χ4v) is 2.20. The van der Waals surface area contributed by atoms with Crippen molar-refractivity contribution in [1.29, 1.82) is 0 Å². The number of benzene rings is 1. The normalized spacial score (nSPS) is 11.6. The number of hydrogen-bond donors (Lipinski definition) is 2. The number of hydrogen-bond acceptors (Lipinski definition) is 3. The Morgan fingerprint density at radius 1 is 1.16 bits per heavy atom. The van der Waals surface area contributed by atoms with E-state index in [1.165, 1.54) is 0 Å². The standard InChI is InChI=1S/C17H18F3N3O2/c1-10(2)14-7-12(11-5-3-4-6-13(11)23-14)16(25)21-8-15(24)22-9-17(18,19)20/h3-7,10H,8-9H2,1-2H3,(H,21,25)(H,22,24). The van der Waals surface area contributed by atoms with Gasteiger partial charge in [0.2, 0.25) is 5.91 Å². The van der Waals surface area contributed by atoms with Gasteiger partial charge in [0, 0.05) is 11.1 Å². The van der Waals surface area contributed by atoms with E-state index in [0.717, 1.165) is 0 Å². The van der Waals surface area contributed by atoms with Crippen LogP contribution in [0.15, 0.2) is 30.3 Å². The molecule has 2 N–H and O–H groups in total. The molecule has 5 nitrogen and oxygen atoms in total. The first-order chi connectivity index (χ1) is 11.7. The van der Waals surface area contributed by atoms with Gasteiger partial charge in [-0.2, -0.15) is 13.2 Å². The summed E-state index contributed by atoms with van der Waals surface area (Å²) in [4.78, 5) is 28.3. The first-order valence-electron chi connectivity index (χ1n) is 7.68. The summed E-state index contributed by atoms with van der Waals surface area (Å²) in [6, 6.07) is 8.69. The van der Waals surface area contributed by atoms with Crippen molar-refractivity contribution in [3.05, 3.63) is 41.6 Å². The molecule has 0 unspecified atom stereocenters. The van der Waals surface area contributed by atoms with Gasteiger partial charge in [0.05, 0.1) is 17.6 Å². The highest BCUT2D eigenvalue weighted by molar-refractivity contribution is 6.07. The highest BCUT2D eigenvalue weighted by Crippen LogP contribution is 2.22. The molecular weight excluding hydrogens is 335 g/mol. The number of aromatic nitrogens is 1. The van der Waals surface area contributed by atoms with Crippen LogP contribution in [0.1, 0.15) is 35.8 Å². The molecule has 1 heterocycles. The van der Waals surface area contributed by atoms with E-state index in [4.69, 9.17) is 0 Å². The number of nitrogens with zero attached hydrogens (tertiary/aromatic N) is 1. The van der Waals surface area contributed by atoms with Gasteiger partial charge >= 0.3 is 6.18 Å². The number of carbonyl (C=O) groups excluding carboxylic acids is 2. The molecule has 0 aliphatic rings. The molecule has 1 aromatic carbocycles. The van der Waals surface area contributed by atoms with Crippen LogP contribution in [0.5, 0.6) is 0 Å². The van der Waals surface area contributed by atoms with Gasteiger partial charge in [0.15, 0.2) is 0 Å². The maximum absolute atomic E-state index is 12.4. The summed E-state index contributed by atoms with van der Waals surface area (Å²) in [6.07, 6.45) is -4.49. The molecule has 2 aromatic rings. The zero-order valence-corrected chi connectivity index (χ0v) is 13.8. The zero-order valence-electron chi connectivity index (χ0n) is 13.8. The highest BCUT2D eigenvalue weighted by atomic mass is 19.4. The molecule has 0 fully saturated rings. The molecule has 0 aliphatic heterocycles. The lowest BCUT2D eigenvalue weighted by Gasteiger charge is -2.12. The van der Waals surface area contributed by atoms with Gasteiger partial charge in [-0.1, -0.05) is 32.0 Å². The van der Waals surface area contributed by atoms with Crippen molar-refractivity contribution in [2.75, 3.05) is 13.1 Å². The third-order valence-electron chi connectivity index (χ3n) is 3.47. The van der Waals surface area contributed by atoms with Crippen molar-refractivity contribution in [3.63, 3.8) is 0 Å². The van der Waals surface area contributed by atoms with Crippen LogP contribution in [-0.2, 0) is 4.79 Å². The summed E-state index contributed by atoms with van der Waals surface area (Å²) < 4.78 is 36.2. The number of pyridine rings is 1. The highest BCUT2D eigenvalue weighted by Gasteiger charge is 2.27. The molecule has 0 radical (unpaired) electrons. The molecule has 0 aliphatic carbocycles. The number of alkyl halides is 3. The molecule has 2 rings (SSSR count). The summed E-state index contributed by atoms with van der Waals surface area (Å²) in [6.45, 7) is 1.90. The van der Waals surface area contributed by atoms with Crippen molar-refractivity contribution < 1.29 is 22.8 Å². The van der Waals surface area contributed by atoms with Gasteiger partial charge in [-0.3, -0.25) is 14.6 Å².